The number of rotatable bonds is 5. The van der Waals surface area contributed by atoms with E-state index in [9.17, 15) is 0 Å². The van der Waals surface area contributed by atoms with E-state index in [-0.39, 0.29) is 24.0 Å². The molecule has 1 heterocycles. The molecule has 0 spiro atoms. The first-order chi connectivity index (χ1) is 9.76. The van der Waals surface area contributed by atoms with E-state index in [1.165, 1.54) is 45.2 Å². The predicted octanol–water partition coefficient (Wildman–Crippen LogP) is 2.44. The fourth-order valence-corrected chi connectivity index (χ4v) is 3.32. The van der Waals surface area contributed by atoms with Gasteiger partial charge in [0.2, 0.25) is 0 Å². The zero-order valence-electron chi connectivity index (χ0n) is 13.5. The van der Waals surface area contributed by atoms with Crippen LogP contribution in [0.4, 0.5) is 0 Å². The molecule has 0 aromatic carbocycles. The standard InChI is InChI=1S/C16H30N4.HI/c1-3-17-16(18-9-13-5-4-6-13)19-15-11-20(10-12(15)2)14-7-8-14;/h12-15H,3-11H2,1-2H3,(H2,17,18,19);1H. The van der Waals surface area contributed by atoms with Gasteiger partial charge in [0.15, 0.2) is 5.96 Å². The van der Waals surface area contributed by atoms with E-state index in [4.69, 9.17) is 4.99 Å². The number of halogens is 1. The Morgan fingerprint density at radius 1 is 1.19 bits per heavy atom. The molecule has 0 radical (unpaired) electrons. The highest BCUT2D eigenvalue weighted by Crippen LogP contribution is 2.31. The molecule has 1 aliphatic heterocycles. The molecule has 0 aromatic heterocycles. The first-order valence-electron chi connectivity index (χ1n) is 8.55. The van der Waals surface area contributed by atoms with Crippen molar-refractivity contribution in [3.63, 3.8) is 0 Å². The molecule has 0 aromatic rings. The summed E-state index contributed by atoms with van der Waals surface area (Å²) in [7, 11) is 0. The molecular weight excluding hydrogens is 375 g/mol. The minimum absolute atomic E-state index is 0. The minimum atomic E-state index is 0. The van der Waals surface area contributed by atoms with Gasteiger partial charge < -0.3 is 10.6 Å². The summed E-state index contributed by atoms with van der Waals surface area (Å²) in [6.45, 7) is 8.92. The van der Waals surface area contributed by atoms with Crippen molar-refractivity contribution in [1.82, 2.24) is 15.5 Å². The SMILES string of the molecule is CCNC(=NCC1CCC1)NC1CN(C2CC2)CC1C.I. The fraction of sp³-hybridized carbons (Fsp3) is 0.938. The van der Waals surface area contributed by atoms with Crippen LogP contribution in [0.2, 0.25) is 0 Å². The van der Waals surface area contributed by atoms with E-state index in [1.807, 2.05) is 0 Å². The van der Waals surface area contributed by atoms with Gasteiger partial charge in [-0.1, -0.05) is 13.3 Å². The van der Waals surface area contributed by atoms with Gasteiger partial charge in [-0.2, -0.15) is 0 Å². The van der Waals surface area contributed by atoms with E-state index < -0.39 is 0 Å². The average molecular weight is 406 g/mol. The molecule has 4 nitrogen and oxygen atoms in total. The van der Waals surface area contributed by atoms with Gasteiger partial charge in [0.25, 0.3) is 0 Å². The smallest absolute Gasteiger partial charge is 0.191 e. The molecule has 0 bridgehead atoms. The maximum atomic E-state index is 4.79. The quantitative estimate of drug-likeness (QED) is 0.419. The second-order valence-electron chi connectivity index (χ2n) is 6.93. The Balaban J connectivity index is 0.00000161. The third-order valence-electron chi connectivity index (χ3n) is 5.10. The Kier molecular flexibility index (Phi) is 6.59. The molecular formula is C16H31IN4. The van der Waals surface area contributed by atoms with E-state index in [2.05, 4.69) is 29.4 Å². The molecule has 0 amide bonds. The summed E-state index contributed by atoms with van der Waals surface area (Å²) in [5.74, 6) is 2.60. The molecule has 122 valence electrons. The molecule has 2 saturated carbocycles. The monoisotopic (exact) mass is 406 g/mol. The Morgan fingerprint density at radius 2 is 1.95 bits per heavy atom. The topological polar surface area (TPSA) is 39.7 Å². The number of guanidine groups is 1. The summed E-state index contributed by atoms with van der Waals surface area (Å²) in [6, 6.07) is 1.45. The predicted molar refractivity (Wildman–Crippen MR) is 99.4 cm³/mol. The van der Waals surface area contributed by atoms with E-state index >= 15 is 0 Å². The number of nitrogens with one attached hydrogen (secondary N) is 2. The molecule has 3 rings (SSSR count). The maximum Gasteiger partial charge on any atom is 0.191 e. The Morgan fingerprint density at radius 3 is 2.52 bits per heavy atom. The highest BCUT2D eigenvalue weighted by atomic mass is 127. The fourth-order valence-electron chi connectivity index (χ4n) is 3.32. The van der Waals surface area contributed by atoms with Crippen LogP contribution in [0.5, 0.6) is 0 Å². The van der Waals surface area contributed by atoms with Crippen molar-refractivity contribution in [2.45, 2.75) is 58.0 Å². The highest BCUT2D eigenvalue weighted by Gasteiger charge is 2.38. The van der Waals surface area contributed by atoms with Crippen molar-refractivity contribution in [2.24, 2.45) is 16.8 Å². The number of hydrogen-bond acceptors (Lipinski definition) is 2. The summed E-state index contributed by atoms with van der Waals surface area (Å²) in [6.07, 6.45) is 6.97. The summed E-state index contributed by atoms with van der Waals surface area (Å²) < 4.78 is 0. The molecule has 2 atom stereocenters. The summed E-state index contributed by atoms with van der Waals surface area (Å²) in [4.78, 5) is 7.46. The van der Waals surface area contributed by atoms with Crippen molar-refractivity contribution in [3.8, 4) is 0 Å². The van der Waals surface area contributed by atoms with Crippen molar-refractivity contribution in [1.29, 1.82) is 0 Å². The van der Waals surface area contributed by atoms with E-state index in [1.54, 1.807) is 0 Å². The zero-order valence-corrected chi connectivity index (χ0v) is 15.8. The first kappa shape index (κ1) is 17.3. The molecule has 5 heteroatoms. The van der Waals surface area contributed by atoms with Crippen molar-refractivity contribution >= 4 is 29.9 Å². The number of nitrogens with zero attached hydrogens (tertiary/aromatic N) is 2. The zero-order chi connectivity index (χ0) is 13.9. The second-order valence-corrected chi connectivity index (χ2v) is 6.93. The van der Waals surface area contributed by atoms with Gasteiger partial charge in [0.05, 0.1) is 0 Å². The van der Waals surface area contributed by atoms with Crippen molar-refractivity contribution < 1.29 is 0 Å². The lowest BCUT2D eigenvalue weighted by molar-refractivity contribution is 0.315. The molecule has 2 aliphatic carbocycles. The Bertz CT molecular complexity index is 352. The average Bonchev–Trinajstić information content (AvgIpc) is 3.14. The van der Waals surface area contributed by atoms with Gasteiger partial charge in [-0.25, -0.2) is 0 Å². The van der Waals surface area contributed by atoms with Gasteiger partial charge in [0.1, 0.15) is 0 Å². The summed E-state index contributed by atoms with van der Waals surface area (Å²) >= 11 is 0. The summed E-state index contributed by atoms with van der Waals surface area (Å²) in [5.41, 5.74) is 0. The van der Waals surface area contributed by atoms with Crippen LogP contribution < -0.4 is 10.6 Å². The first-order valence-corrected chi connectivity index (χ1v) is 8.55. The van der Waals surface area contributed by atoms with Crippen LogP contribution in [0.1, 0.15) is 46.0 Å². The van der Waals surface area contributed by atoms with Crippen LogP contribution in [0.3, 0.4) is 0 Å². The van der Waals surface area contributed by atoms with Gasteiger partial charge >= 0.3 is 0 Å². The maximum absolute atomic E-state index is 4.79. The Labute approximate surface area is 146 Å². The van der Waals surface area contributed by atoms with Crippen LogP contribution in [-0.4, -0.2) is 49.1 Å². The van der Waals surface area contributed by atoms with Crippen LogP contribution in [0.15, 0.2) is 4.99 Å². The lowest BCUT2D eigenvalue weighted by Gasteiger charge is -2.25. The summed E-state index contributed by atoms with van der Waals surface area (Å²) in [5, 5.41) is 7.09. The van der Waals surface area contributed by atoms with Crippen LogP contribution >= 0.6 is 24.0 Å². The largest absolute Gasteiger partial charge is 0.357 e. The molecule has 1 saturated heterocycles. The van der Waals surface area contributed by atoms with Crippen LogP contribution in [-0.2, 0) is 0 Å². The van der Waals surface area contributed by atoms with E-state index in [0.717, 1.165) is 36.9 Å². The third-order valence-corrected chi connectivity index (χ3v) is 5.10. The van der Waals surface area contributed by atoms with Crippen LogP contribution in [0.25, 0.3) is 0 Å². The normalized spacial score (nSPS) is 30.7. The Hall–Kier alpha value is -0.0400. The molecule has 2 unspecified atom stereocenters. The van der Waals surface area contributed by atoms with Crippen molar-refractivity contribution in [2.75, 3.05) is 26.2 Å². The lowest BCUT2D eigenvalue weighted by atomic mass is 9.86. The van der Waals surface area contributed by atoms with E-state index in [0.29, 0.717) is 6.04 Å². The number of aliphatic imine (C=N–C) groups is 1. The number of hydrogen-bond donors (Lipinski definition) is 2. The van der Waals surface area contributed by atoms with Gasteiger partial charge in [0, 0.05) is 38.3 Å². The molecule has 3 fully saturated rings. The lowest BCUT2D eigenvalue weighted by Crippen LogP contribution is -2.47. The molecule has 2 N–H and O–H groups in total. The second kappa shape index (κ2) is 7.99. The van der Waals surface area contributed by atoms with Crippen molar-refractivity contribution in [3.05, 3.63) is 0 Å². The molecule has 21 heavy (non-hydrogen) atoms. The van der Waals surface area contributed by atoms with Crippen LogP contribution in [0, 0.1) is 11.8 Å². The molecule has 3 aliphatic rings. The number of likely N-dealkylation sites (tertiary alicyclic amines) is 1. The van der Waals surface area contributed by atoms with Gasteiger partial charge in [-0.3, -0.25) is 9.89 Å². The minimum Gasteiger partial charge on any atom is -0.357 e. The van der Waals surface area contributed by atoms with Gasteiger partial charge in [-0.05, 0) is 44.4 Å². The highest BCUT2D eigenvalue weighted by molar-refractivity contribution is 14.0. The third kappa shape index (κ3) is 4.71. The van der Waals surface area contributed by atoms with Gasteiger partial charge in [-0.15, -0.1) is 24.0 Å².